The molecule has 0 saturated carbocycles. The Morgan fingerprint density at radius 2 is 2.06 bits per heavy atom. The van der Waals surface area contributed by atoms with Crippen molar-refractivity contribution in [1.82, 2.24) is 0 Å². The quantitative estimate of drug-likeness (QED) is 0.856. The molecule has 0 amide bonds. The first-order chi connectivity index (χ1) is 7.85. The minimum atomic E-state index is -0.888. The van der Waals surface area contributed by atoms with E-state index in [2.05, 4.69) is 0 Å². The van der Waals surface area contributed by atoms with E-state index in [0.717, 1.165) is 0 Å². The fourth-order valence-electron chi connectivity index (χ4n) is 2.21. The normalized spacial score (nSPS) is 14.8. The topological polar surface area (TPSA) is 29.5 Å². The number of rotatable bonds is 5. The molecule has 1 N–H and O–H groups in total. The van der Waals surface area contributed by atoms with Crippen molar-refractivity contribution in [3.05, 3.63) is 29.6 Å². The van der Waals surface area contributed by atoms with Gasteiger partial charge in [0.1, 0.15) is 0 Å². The average Bonchev–Trinajstić information content (AvgIpc) is 2.19. The van der Waals surface area contributed by atoms with E-state index in [-0.39, 0.29) is 11.6 Å². The highest BCUT2D eigenvalue weighted by Gasteiger charge is 2.24. The number of ether oxygens (including phenoxy) is 1. The summed E-state index contributed by atoms with van der Waals surface area (Å²) < 4.78 is 18.8. The van der Waals surface area contributed by atoms with Crippen LogP contribution in [0.5, 0.6) is 5.75 Å². The minimum Gasteiger partial charge on any atom is -0.494 e. The summed E-state index contributed by atoms with van der Waals surface area (Å²) in [7, 11) is 1.44. The molecule has 0 saturated heterocycles. The van der Waals surface area contributed by atoms with Crippen molar-refractivity contribution in [2.75, 3.05) is 7.11 Å². The van der Waals surface area contributed by atoms with Gasteiger partial charge in [-0.1, -0.05) is 26.0 Å². The first kappa shape index (κ1) is 14.0. The molecule has 2 nitrogen and oxygen atoms in total. The van der Waals surface area contributed by atoms with Crippen molar-refractivity contribution in [2.24, 2.45) is 5.92 Å². The number of hydrogen-bond donors (Lipinski definition) is 1. The van der Waals surface area contributed by atoms with E-state index in [9.17, 15) is 9.50 Å². The molecule has 0 spiro atoms. The second-order valence-electron chi connectivity index (χ2n) is 5.21. The van der Waals surface area contributed by atoms with Crippen molar-refractivity contribution >= 4 is 0 Å². The van der Waals surface area contributed by atoms with Gasteiger partial charge in [-0.3, -0.25) is 0 Å². The zero-order chi connectivity index (χ0) is 13.1. The number of aliphatic hydroxyl groups is 1. The predicted octanol–water partition coefficient (Wildman–Crippen LogP) is 3.17. The number of methoxy groups -OCH3 is 1. The molecule has 3 heteroatoms. The summed E-state index contributed by atoms with van der Waals surface area (Å²) in [6.45, 7) is 5.82. The summed E-state index contributed by atoms with van der Waals surface area (Å²) in [5, 5.41) is 10.2. The maximum absolute atomic E-state index is 13.9. The Labute approximate surface area is 102 Å². The zero-order valence-corrected chi connectivity index (χ0v) is 11.0. The summed E-state index contributed by atoms with van der Waals surface area (Å²) in [5.41, 5.74) is -0.392. The van der Waals surface area contributed by atoms with Crippen LogP contribution in [0, 0.1) is 11.7 Å². The predicted molar refractivity (Wildman–Crippen MR) is 66.7 cm³/mol. The number of hydrogen-bond acceptors (Lipinski definition) is 2. The lowest BCUT2D eigenvalue weighted by atomic mass is 9.88. The standard InChI is InChI=1S/C14H21FO2/c1-10(2)8-14(3,16)9-11-6-5-7-12(17-4)13(11)15/h5-7,10,16H,8-9H2,1-4H3. The van der Waals surface area contributed by atoms with Crippen LogP contribution in [0.15, 0.2) is 18.2 Å². The largest absolute Gasteiger partial charge is 0.494 e. The van der Waals surface area contributed by atoms with Crippen LogP contribution < -0.4 is 4.74 Å². The molecule has 1 aromatic carbocycles. The Morgan fingerprint density at radius 1 is 1.41 bits per heavy atom. The second kappa shape index (κ2) is 5.50. The molecule has 0 aromatic heterocycles. The zero-order valence-electron chi connectivity index (χ0n) is 11.0. The van der Waals surface area contributed by atoms with Crippen LogP contribution >= 0.6 is 0 Å². The molecular weight excluding hydrogens is 219 g/mol. The van der Waals surface area contributed by atoms with E-state index >= 15 is 0 Å². The van der Waals surface area contributed by atoms with Crippen molar-refractivity contribution in [3.8, 4) is 5.75 Å². The summed E-state index contributed by atoms with van der Waals surface area (Å²) in [4.78, 5) is 0. The van der Waals surface area contributed by atoms with E-state index in [4.69, 9.17) is 4.74 Å². The van der Waals surface area contributed by atoms with Gasteiger partial charge in [-0.2, -0.15) is 0 Å². The first-order valence-electron chi connectivity index (χ1n) is 5.89. The third-order valence-electron chi connectivity index (χ3n) is 2.68. The van der Waals surface area contributed by atoms with Gasteiger partial charge < -0.3 is 9.84 Å². The van der Waals surface area contributed by atoms with E-state index in [0.29, 0.717) is 24.3 Å². The monoisotopic (exact) mass is 240 g/mol. The van der Waals surface area contributed by atoms with Gasteiger partial charge in [0.05, 0.1) is 12.7 Å². The summed E-state index contributed by atoms with van der Waals surface area (Å²) in [6.07, 6.45) is 0.942. The molecule has 0 fully saturated rings. The highest BCUT2D eigenvalue weighted by atomic mass is 19.1. The summed E-state index contributed by atoms with van der Waals surface area (Å²) >= 11 is 0. The van der Waals surface area contributed by atoms with Gasteiger partial charge in [-0.25, -0.2) is 4.39 Å². The molecule has 0 radical (unpaired) electrons. The van der Waals surface area contributed by atoms with E-state index in [1.807, 2.05) is 13.8 Å². The third-order valence-corrected chi connectivity index (χ3v) is 2.68. The van der Waals surface area contributed by atoms with Crippen molar-refractivity contribution in [1.29, 1.82) is 0 Å². The minimum absolute atomic E-state index is 0.225. The Kier molecular flexibility index (Phi) is 4.52. The van der Waals surface area contributed by atoms with Gasteiger partial charge in [0.25, 0.3) is 0 Å². The van der Waals surface area contributed by atoms with Crippen LogP contribution in [0.25, 0.3) is 0 Å². The van der Waals surface area contributed by atoms with Crippen LogP contribution in [-0.4, -0.2) is 17.8 Å². The molecule has 1 unspecified atom stereocenters. The SMILES string of the molecule is COc1cccc(CC(C)(O)CC(C)C)c1F. The first-order valence-corrected chi connectivity index (χ1v) is 5.89. The smallest absolute Gasteiger partial charge is 0.168 e. The Bertz CT molecular complexity index is 372. The number of halogens is 1. The van der Waals surface area contributed by atoms with Crippen LogP contribution in [-0.2, 0) is 6.42 Å². The highest BCUT2D eigenvalue weighted by Crippen LogP contribution is 2.26. The molecule has 1 atom stereocenters. The van der Waals surface area contributed by atoms with Gasteiger partial charge >= 0.3 is 0 Å². The molecule has 0 aliphatic carbocycles. The second-order valence-corrected chi connectivity index (χ2v) is 5.21. The van der Waals surface area contributed by atoms with Gasteiger partial charge in [-0.15, -0.1) is 0 Å². The van der Waals surface area contributed by atoms with Crippen LogP contribution in [0.3, 0.4) is 0 Å². The van der Waals surface area contributed by atoms with Crippen LogP contribution in [0.2, 0.25) is 0 Å². The molecule has 0 bridgehead atoms. The van der Waals surface area contributed by atoms with Crippen molar-refractivity contribution in [3.63, 3.8) is 0 Å². The van der Waals surface area contributed by atoms with Crippen LogP contribution in [0.4, 0.5) is 4.39 Å². The lowest BCUT2D eigenvalue weighted by Crippen LogP contribution is -2.29. The molecule has 1 rings (SSSR count). The molecule has 1 aromatic rings. The fourth-order valence-corrected chi connectivity index (χ4v) is 2.21. The number of benzene rings is 1. The van der Waals surface area contributed by atoms with Gasteiger partial charge in [0.2, 0.25) is 0 Å². The molecule has 0 aliphatic rings. The molecule has 96 valence electrons. The maximum atomic E-state index is 13.9. The lowest BCUT2D eigenvalue weighted by molar-refractivity contribution is 0.0379. The Hall–Kier alpha value is -1.09. The molecular formula is C14H21FO2. The van der Waals surface area contributed by atoms with Gasteiger partial charge in [-0.05, 0) is 30.9 Å². The van der Waals surface area contributed by atoms with Crippen molar-refractivity contribution < 1.29 is 14.2 Å². The molecule has 17 heavy (non-hydrogen) atoms. The van der Waals surface area contributed by atoms with E-state index in [1.165, 1.54) is 7.11 Å². The Balaban J connectivity index is 2.88. The maximum Gasteiger partial charge on any atom is 0.168 e. The van der Waals surface area contributed by atoms with E-state index in [1.54, 1.807) is 25.1 Å². The van der Waals surface area contributed by atoms with Crippen LogP contribution in [0.1, 0.15) is 32.8 Å². The lowest BCUT2D eigenvalue weighted by Gasteiger charge is -2.25. The summed E-state index contributed by atoms with van der Waals surface area (Å²) in [6, 6.07) is 5.01. The Morgan fingerprint density at radius 3 is 2.59 bits per heavy atom. The van der Waals surface area contributed by atoms with Gasteiger partial charge in [0.15, 0.2) is 11.6 Å². The highest BCUT2D eigenvalue weighted by molar-refractivity contribution is 5.31. The third kappa shape index (κ3) is 4.00. The van der Waals surface area contributed by atoms with Gasteiger partial charge in [0, 0.05) is 6.42 Å². The average molecular weight is 240 g/mol. The molecule has 0 heterocycles. The van der Waals surface area contributed by atoms with E-state index < -0.39 is 5.60 Å². The summed E-state index contributed by atoms with van der Waals surface area (Å²) in [5.74, 6) is 0.223. The fraction of sp³-hybridized carbons (Fsp3) is 0.571. The molecule has 0 aliphatic heterocycles. The van der Waals surface area contributed by atoms with Crippen molar-refractivity contribution in [2.45, 2.75) is 39.2 Å².